The third kappa shape index (κ3) is 5.07. The van der Waals surface area contributed by atoms with Gasteiger partial charge in [-0.2, -0.15) is 5.26 Å². The van der Waals surface area contributed by atoms with Crippen molar-refractivity contribution in [2.24, 2.45) is 0 Å². The molecule has 0 bridgehead atoms. The summed E-state index contributed by atoms with van der Waals surface area (Å²) in [5, 5.41) is 8.61. The van der Waals surface area contributed by atoms with Gasteiger partial charge in [0.15, 0.2) is 0 Å². The van der Waals surface area contributed by atoms with Gasteiger partial charge in [-0.25, -0.2) is 0 Å². The third-order valence-electron chi connectivity index (χ3n) is 2.71. The SMILES string of the molecule is N#CCc1ccc(OCCOc2ccc(Br)cc2Br)cc1. The summed E-state index contributed by atoms with van der Waals surface area (Å²) in [4.78, 5) is 0. The van der Waals surface area contributed by atoms with E-state index in [0.29, 0.717) is 19.6 Å². The first kappa shape index (κ1) is 15.9. The summed E-state index contributed by atoms with van der Waals surface area (Å²) in [5.74, 6) is 1.56. The van der Waals surface area contributed by atoms with Gasteiger partial charge in [0.1, 0.15) is 24.7 Å². The second-order valence-electron chi connectivity index (χ2n) is 4.25. The van der Waals surface area contributed by atoms with Gasteiger partial charge in [0.2, 0.25) is 0 Å². The highest BCUT2D eigenvalue weighted by Crippen LogP contribution is 2.28. The highest BCUT2D eigenvalue weighted by molar-refractivity contribution is 9.11. The lowest BCUT2D eigenvalue weighted by Gasteiger charge is -2.10. The molecule has 0 N–H and O–H groups in total. The fourth-order valence-corrected chi connectivity index (χ4v) is 2.86. The van der Waals surface area contributed by atoms with E-state index in [2.05, 4.69) is 37.9 Å². The lowest BCUT2D eigenvalue weighted by molar-refractivity contribution is 0.216. The Labute approximate surface area is 140 Å². The van der Waals surface area contributed by atoms with Crippen molar-refractivity contribution in [2.75, 3.05) is 13.2 Å². The van der Waals surface area contributed by atoms with Crippen LogP contribution in [0.5, 0.6) is 11.5 Å². The van der Waals surface area contributed by atoms with Crippen LogP contribution in [0.3, 0.4) is 0 Å². The highest BCUT2D eigenvalue weighted by atomic mass is 79.9. The summed E-state index contributed by atoms with van der Waals surface area (Å²) in [7, 11) is 0. The predicted octanol–water partition coefficient (Wildman–Crippen LogP) is 4.74. The van der Waals surface area contributed by atoms with Gasteiger partial charge in [-0.15, -0.1) is 0 Å². The number of halogens is 2. The van der Waals surface area contributed by atoms with Crippen LogP contribution in [0.15, 0.2) is 51.4 Å². The fourth-order valence-electron chi connectivity index (χ4n) is 1.70. The molecule has 0 aliphatic carbocycles. The molecule has 0 heterocycles. The smallest absolute Gasteiger partial charge is 0.133 e. The number of rotatable bonds is 6. The lowest BCUT2D eigenvalue weighted by Crippen LogP contribution is -2.09. The molecule has 0 saturated heterocycles. The molecule has 0 unspecified atom stereocenters. The van der Waals surface area contributed by atoms with Crippen molar-refractivity contribution in [3.8, 4) is 17.6 Å². The van der Waals surface area contributed by atoms with Crippen LogP contribution in [0.4, 0.5) is 0 Å². The first-order valence-electron chi connectivity index (χ1n) is 6.35. The van der Waals surface area contributed by atoms with Crippen LogP contribution in [-0.4, -0.2) is 13.2 Å². The van der Waals surface area contributed by atoms with E-state index in [4.69, 9.17) is 14.7 Å². The summed E-state index contributed by atoms with van der Waals surface area (Å²) < 4.78 is 13.1. The maximum atomic E-state index is 8.61. The topological polar surface area (TPSA) is 42.2 Å². The van der Waals surface area contributed by atoms with Crippen LogP contribution in [0.2, 0.25) is 0 Å². The van der Waals surface area contributed by atoms with Crippen LogP contribution >= 0.6 is 31.9 Å². The van der Waals surface area contributed by atoms with Crippen LogP contribution < -0.4 is 9.47 Å². The Morgan fingerprint density at radius 3 is 2.33 bits per heavy atom. The predicted molar refractivity (Wildman–Crippen MR) is 88.6 cm³/mol. The molecule has 2 rings (SSSR count). The Hall–Kier alpha value is -1.51. The zero-order valence-electron chi connectivity index (χ0n) is 11.2. The summed E-state index contributed by atoms with van der Waals surface area (Å²) in [6.45, 7) is 0.917. The van der Waals surface area contributed by atoms with Crippen molar-refractivity contribution in [3.63, 3.8) is 0 Å². The van der Waals surface area contributed by atoms with Gasteiger partial charge in [-0.1, -0.05) is 28.1 Å². The van der Waals surface area contributed by atoms with Gasteiger partial charge in [0, 0.05) is 4.47 Å². The first-order valence-corrected chi connectivity index (χ1v) is 7.94. The molecule has 108 valence electrons. The van der Waals surface area contributed by atoms with Gasteiger partial charge < -0.3 is 9.47 Å². The molecule has 5 heteroatoms. The van der Waals surface area contributed by atoms with Crippen molar-refractivity contribution in [1.29, 1.82) is 5.26 Å². The Kier molecular flexibility index (Phi) is 6.09. The van der Waals surface area contributed by atoms with Crippen LogP contribution in [0.25, 0.3) is 0 Å². The number of nitriles is 1. The summed E-state index contributed by atoms with van der Waals surface area (Å²) in [6, 6.07) is 15.4. The number of hydrogen-bond acceptors (Lipinski definition) is 3. The maximum Gasteiger partial charge on any atom is 0.133 e. The third-order valence-corrected chi connectivity index (χ3v) is 3.82. The summed E-state index contributed by atoms with van der Waals surface area (Å²) in [6.07, 6.45) is 0.418. The van der Waals surface area contributed by atoms with E-state index < -0.39 is 0 Å². The van der Waals surface area contributed by atoms with Gasteiger partial charge in [0.05, 0.1) is 17.0 Å². The van der Waals surface area contributed by atoms with Crippen molar-refractivity contribution in [1.82, 2.24) is 0 Å². The number of benzene rings is 2. The molecule has 0 atom stereocenters. The minimum atomic E-state index is 0.418. The molecular formula is C16H13Br2NO2. The number of nitrogens with zero attached hydrogens (tertiary/aromatic N) is 1. The maximum absolute atomic E-state index is 8.61. The summed E-state index contributed by atoms with van der Waals surface area (Å²) >= 11 is 6.84. The minimum Gasteiger partial charge on any atom is -0.490 e. The average molecular weight is 411 g/mol. The van der Waals surface area contributed by atoms with E-state index in [9.17, 15) is 0 Å². The largest absolute Gasteiger partial charge is 0.490 e. The molecule has 3 nitrogen and oxygen atoms in total. The van der Waals surface area contributed by atoms with E-state index in [0.717, 1.165) is 26.0 Å². The van der Waals surface area contributed by atoms with E-state index in [1.54, 1.807) is 0 Å². The Bertz CT molecular complexity index is 636. The molecule has 2 aromatic rings. The van der Waals surface area contributed by atoms with Crippen LogP contribution in [0, 0.1) is 11.3 Å². The van der Waals surface area contributed by atoms with Crippen molar-refractivity contribution in [2.45, 2.75) is 6.42 Å². The molecule has 2 aromatic carbocycles. The molecule has 0 radical (unpaired) electrons. The van der Waals surface area contributed by atoms with Crippen molar-refractivity contribution in [3.05, 3.63) is 57.0 Å². The van der Waals surface area contributed by atoms with Crippen molar-refractivity contribution >= 4 is 31.9 Å². The van der Waals surface area contributed by atoms with E-state index in [1.807, 2.05) is 42.5 Å². The molecule has 0 aliphatic heterocycles. The van der Waals surface area contributed by atoms with Gasteiger partial charge in [-0.05, 0) is 51.8 Å². The van der Waals surface area contributed by atoms with E-state index in [-0.39, 0.29) is 0 Å². The lowest BCUT2D eigenvalue weighted by atomic mass is 10.2. The Morgan fingerprint density at radius 1 is 0.952 bits per heavy atom. The molecule has 0 aliphatic rings. The van der Waals surface area contributed by atoms with E-state index in [1.165, 1.54) is 0 Å². The average Bonchev–Trinajstić information content (AvgIpc) is 2.47. The molecule has 0 aromatic heterocycles. The van der Waals surface area contributed by atoms with Gasteiger partial charge in [-0.3, -0.25) is 0 Å². The minimum absolute atomic E-state index is 0.418. The summed E-state index contributed by atoms with van der Waals surface area (Å²) in [5.41, 5.74) is 0.986. The standard InChI is InChI=1S/C16H13Br2NO2/c17-13-3-6-16(15(18)11-13)21-10-9-20-14-4-1-12(2-5-14)7-8-19/h1-6,11H,7,9-10H2. The molecular weight excluding hydrogens is 398 g/mol. The highest BCUT2D eigenvalue weighted by Gasteiger charge is 2.02. The van der Waals surface area contributed by atoms with E-state index >= 15 is 0 Å². The Morgan fingerprint density at radius 2 is 1.67 bits per heavy atom. The molecule has 0 amide bonds. The number of ether oxygens (including phenoxy) is 2. The zero-order valence-corrected chi connectivity index (χ0v) is 14.4. The number of hydrogen-bond donors (Lipinski definition) is 0. The normalized spacial score (nSPS) is 9.95. The molecule has 0 spiro atoms. The fraction of sp³-hybridized carbons (Fsp3) is 0.188. The zero-order chi connectivity index (χ0) is 15.1. The quantitative estimate of drug-likeness (QED) is 0.646. The van der Waals surface area contributed by atoms with Crippen LogP contribution in [0.1, 0.15) is 5.56 Å². The Balaban J connectivity index is 1.78. The van der Waals surface area contributed by atoms with Crippen LogP contribution in [-0.2, 0) is 6.42 Å². The van der Waals surface area contributed by atoms with Gasteiger partial charge in [0.25, 0.3) is 0 Å². The monoisotopic (exact) mass is 409 g/mol. The van der Waals surface area contributed by atoms with Crippen molar-refractivity contribution < 1.29 is 9.47 Å². The molecule has 0 fully saturated rings. The van der Waals surface area contributed by atoms with Gasteiger partial charge >= 0.3 is 0 Å². The first-order chi connectivity index (χ1) is 10.2. The molecule has 21 heavy (non-hydrogen) atoms. The second kappa shape index (κ2) is 8.06. The molecule has 0 saturated carbocycles. The second-order valence-corrected chi connectivity index (χ2v) is 6.02.